The minimum absolute atomic E-state index is 0.0221. The van der Waals surface area contributed by atoms with Crippen LogP contribution in [0.2, 0.25) is 0 Å². The molecule has 0 saturated carbocycles. The smallest absolute Gasteiger partial charge is 0.229 e. The number of benzene rings is 1. The highest BCUT2D eigenvalue weighted by atomic mass is 16.5. The number of anilines is 1. The summed E-state index contributed by atoms with van der Waals surface area (Å²) >= 11 is 0. The summed E-state index contributed by atoms with van der Waals surface area (Å²) in [5.74, 6) is 0.836. The van der Waals surface area contributed by atoms with Crippen molar-refractivity contribution >= 4 is 11.6 Å². The van der Waals surface area contributed by atoms with Gasteiger partial charge >= 0.3 is 0 Å². The van der Waals surface area contributed by atoms with Gasteiger partial charge in [-0.2, -0.15) is 0 Å². The Morgan fingerprint density at radius 1 is 1.18 bits per heavy atom. The van der Waals surface area contributed by atoms with Crippen LogP contribution in [0.4, 0.5) is 5.69 Å². The van der Waals surface area contributed by atoms with Crippen molar-refractivity contribution in [2.45, 2.75) is 34.6 Å². The van der Waals surface area contributed by atoms with E-state index >= 15 is 0 Å². The molecule has 0 radical (unpaired) electrons. The molecular weight excluding hydrogens is 214 g/mol. The summed E-state index contributed by atoms with van der Waals surface area (Å²) in [5.41, 5.74) is 2.52. The predicted octanol–water partition coefficient (Wildman–Crippen LogP) is 3.30. The van der Waals surface area contributed by atoms with Crippen LogP contribution in [0.5, 0.6) is 5.75 Å². The lowest BCUT2D eigenvalue weighted by Gasteiger charge is -2.20. The fourth-order valence-corrected chi connectivity index (χ4v) is 1.54. The summed E-state index contributed by atoms with van der Waals surface area (Å²) in [6.45, 7) is 9.63. The lowest BCUT2D eigenvalue weighted by molar-refractivity contribution is -0.123. The molecule has 0 saturated heterocycles. The summed E-state index contributed by atoms with van der Waals surface area (Å²) in [7, 11) is 1.64. The number of ether oxygens (including phenoxy) is 1. The number of aryl methyl sites for hydroxylation is 2. The highest BCUT2D eigenvalue weighted by Gasteiger charge is 2.22. The Labute approximate surface area is 103 Å². The van der Waals surface area contributed by atoms with Gasteiger partial charge in [0.15, 0.2) is 0 Å². The minimum atomic E-state index is -0.390. The number of nitrogens with one attached hydrogen (secondary N) is 1. The Morgan fingerprint density at radius 3 is 2.00 bits per heavy atom. The quantitative estimate of drug-likeness (QED) is 0.854. The molecule has 94 valence electrons. The van der Waals surface area contributed by atoms with Crippen molar-refractivity contribution in [2.24, 2.45) is 5.41 Å². The van der Waals surface area contributed by atoms with Crippen molar-refractivity contribution < 1.29 is 9.53 Å². The Balaban J connectivity index is 3.04. The first kappa shape index (κ1) is 13.6. The van der Waals surface area contributed by atoms with Crippen molar-refractivity contribution in [3.63, 3.8) is 0 Å². The minimum Gasteiger partial charge on any atom is -0.497 e. The zero-order chi connectivity index (χ0) is 13.2. The molecule has 0 aliphatic rings. The molecule has 0 unspecified atom stereocenters. The van der Waals surface area contributed by atoms with Gasteiger partial charge in [0.2, 0.25) is 5.91 Å². The van der Waals surface area contributed by atoms with Crippen LogP contribution in [0.1, 0.15) is 31.9 Å². The predicted molar refractivity (Wildman–Crippen MR) is 70.6 cm³/mol. The van der Waals surface area contributed by atoms with E-state index in [1.807, 2.05) is 46.8 Å². The Morgan fingerprint density at radius 2 is 1.65 bits per heavy atom. The maximum atomic E-state index is 12.0. The number of amides is 1. The van der Waals surface area contributed by atoms with Gasteiger partial charge in [-0.15, -0.1) is 0 Å². The van der Waals surface area contributed by atoms with Gasteiger partial charge in [-0.1, -0.05) is 20.8 Å². The fourth-order valence-electron chi connectivity index (χ4n) is 1.54. The van der Waals surface area contributed by atoms with E-state index in [9.17, 15) is 4.79 Å². The second-order valence-electron chi connectivity index (χ2n) is 5.34. The number of hydrogen-bond donors (Lipinski definition) is 1. The van der Waals surface area contributed by atoms with Crippen molar-refractivity contribution in [1.82, 2.24) is 0 Å². The Kier molecular flexibility index (Phi) is 3.81. The molecule has 0 aliphatic carbocycles. The number of rotatable bonds is 2. The molecule has 0 heterocycles. The highest BCUT2D eigenvalue weighted by molar-refractivity contribution is 5.95. The Hall–Kier alpha value is -1.51. The van der Waals surface area contributed by atoms with E-state index in [4.69, 9.17) is 4.74 Å². The number of hydrogen-bond acceptors (Lipinski definition) is 2. The average Bonchev–Trinajstić information content (AvgIpc) is 2.21. The van der Waals surface area contributed by atoms with E-state index in [1.54, 1.807) is 7.11 Å². The third kappa shape index (κ3) is 3.22. The number of carbonyl (C=O) groups excluding carboxylic acids is 1. The average molecular weight is 235 g/mol. The molecule has 1 rings (SSSR count). The van der Waals surface area contributed by atoms with Crippen molar-refractivity contribution in [1.29, 1.82) is 0 Å². The highest BCUT2D eigenvalue weighted by Crippen LogP contribution is 2.27. The molecule has 1 aromatic rings. The molecule has 1 N–H and O–H groups in total. The first-order valence-electron chi connectivity index (χ1n) is 5.72. The zero-order valence-corrected chi connectivity index (χ0v) is 11.5. The second-order valence-corrected chi connectivity index (χ2v) is 5.34. The SMILES string of the molecule is COc1cc(C)c(NC(=O)C(C)(C)C)c(C)c1. The van der Waals surface area contributed by atoms with Crippen LogP contribution in [0.15, 0.2) is 12.1 Å². The number of methoxy groups -OCH3 is 1. The fraction of sp³-hybridized carbons (Fsp3) is 0.500. The van der Waals surface area contributed by atoms with Gasteiger partial charge in [-0.3, -0.25) is 4.79 Å². The topological polar surface area (TPSA) is 38.3 Å². The zero-order valence-electron chi connectivity index (χ0n) is 11.5. The van der Waals surface area contributed by atoms with Gasteiger partial charge in [0.25, 0.3) is 0 Å². The molecular formula is C14H21NO2. The third-order valence-corrected chi connectivity index (χ3v) is 2.66. The molecule has 3 nitrogen and oxygen atoms in total. The molecule has 0 atom stereocenters. The molecule has 0 aliphatic heterocycles. The summed E-state index contributed by atoms with van der Waals surface area (Å²) in [6.07, 6.45) is 0. The third-order valence-electron chi connectivity index (χ3n) is 2.66. The van der Waals surface area contributed by atoms with Crippen LogP contribution in [0, 0.1) is 19.3 Å². The maximum absolute atomic E-state index is 12.0. The summed E-state index contributed by atoms with van der Waals surface area (Å²) in [6, 6.07) is 3.84. The molecule has 0 aromatic heterocycles. The summed E-state index contributed by atoms with van der Waals surface area (Å²) in [5, 5.41) is 2.98. The molecule has 1 aromatic carbocycles. The van der Waals surface area contributed by atoms with Gasteiger partial charge in [0, 0.05) is 11.1 Å². The van der Waals surface area contributed by atoms with Crippen LogP contribution in [0.3, 0.4) is 0 Å². The number of carbonyl (C=O) groups is 1. The lowest BCUT2D eigenvalue weighted by Crippen LogP contribution is -2.28. The normalized spacial score (nSPS) is 11.2. The van der Waals surface area contributed by atoms with Crippen LogP contribution in [0.25, 0.3) is 0 Å². The van der Waals surface area contributed by atoms with E-state index < -0.39 is 5.41 Å². The van der Waals surface area contributed by atoms with Gasteiger partial charge in [0.1, 0.15) is 5.75 Å². The van der Waals surface area contributed by atoms with E-state index in [0.717, 1.165) is 22.6 Å². The van der Waals surface area contributed by atoms with Gasteiger partial charge in [-0.05, 0) is 37.1 Å². The van der Waals surface area contributed by atoms with Gasteiger partial charge in [-0.25, -0.2) is 0 Å². The molecule has 0 fully saturated rings. The monoisotopic (exact) mass is 235 g/mol. The Bertz CT molecular complexity index is 407. The standard InChI is InChI=1S/C14H21NO2/c1-9-7-11(17-6)8-10(2)12(9)15-13(16)14(3,4)5/h7-8H,1-6H3,(H,15,16). The van der Waals surface area contributed by atoms with E-state index in [-0.39, 0.29) is 5.91 Å². The first-order chi connectivity index (χ1) is 7.75. The largest absolute Gasteiger partial charge is 0.497 e. The molecule has 0 spiro atoms. The van der Waals surface area contributed by atoms with Crippen LogP contribution < -0.4 is 10.1 Å². The van der Waals surface area contributed by atoms with E-state index in [0.29, 0.717) is 0 Å². The van der Waals surface area contributed by atoms with Gasteiger partial charge in [0.05, 0.1) is 7.11 Å². The van der Waals surface area contributed by atoms with Crippen LogP contribution in [-0.2, 0) is 4.79 Å². The molecule has 1 amide bonds. The van der Waals surface area contributed by atoms with Gasteiger partial charge < -0.3 is 10.1 Å². The van der Waals surface area contributed by atoms with Crippen molar-refractivity contribution in [3.05, 3.63) is 23.3 Å². The van der Waals surface area contributed by atoms with Crippen LogP contribution in [-0.4, -0.2) is 13.0 Å². The molecule has 0 bridgehead atoms. The van der Waals surface area contributed by atoms with E-state index in [1.165, 1.54) is 0 Å². The van der Waals surface area contributed by atoms with E-state index in [2.05, 4.69) is 5.32 Å². The molecule has 17 heavy (non-hydrogen) atoms. The lowest BCUT2D eigenvalue weighted by atomic mass is 9.95. The second kappa shape index (κ2) is 4.78. The van der Waals surface area contributed by atoms with Crippen molar-refractivity contribution in [3.8, 4) is 5.75 Å². The summed E-state index contributed by atoms with van der Waals surface area (Å²) < 4.78 is 5.19. The summed E-state index contributed by atoms with van der Waals surface area (Å²) in [4.78, 5) is 12.0. The van der Waals surface area contributed by atoms with Crippen LogP contribution >= 0.6 is 0 Å². The van der Waals surface area contributed by atoms with Crippen molar-refractivity contribution in [2.75, 3.05) is 12.4 Å². The maximum Gasteiger partial charge on any atom is 0.229 e. The first-order valence-corrected chi connectivity index (χ1v) is 5.72. The molecule has 3 heteroatoms.